The van der Waals surface area contributed by atoms with E-state index in [4.69, 9.17) is 4.74 Å². The number of piperidine rings is 1. The number of imidazole rings is 1. The van der Waals surface area contributed by atoms with Crippen LogP contribution >= 0.6 is 0 Å². The fraction of sp³-hybridized carbons (Fsp3) is 0.500. The normalized spacial score (nSPS) is 18.6. The summed E-state index contributed by atoms with van der Waals surface area (Å²) >= 11 is 0. The molecule has 1 aliphatic carbocycles. The van der Waals surface area contributed by atoms with Gasteiger partial charge in [-0.3, -0.25) is 4.79 Å². The van der Waals surface area contributed by atoms with Crippen LogP contribution in [0.4, 0.5) is 20.7 Å². The van der Waals surface area contributed by atoms with Crippen molar-refractivity contribution in [2.24, 2.45) is 0 Å². The van der Waals surface area contributed by atoms with Crippen LogP contribution in [0, 0.1) is 12.7 Å². The number of anilines is 2. The molecule has 1 spiro atoms. The number of pyridine rings is 1. The molecule has 2 amide bonds. The molecule has 10 nitrogen and oxygen atoms in total. The van der Waals surface area contributed by atoms with E-state index in [9.17, 15) is 14.0 Å². The zero-order valence-corrected chi connectivity index (χ0v) is 21.8. The molecule has 2 fully saturated rings. The predicted molar refractivity (Wildman–Crippen MR) is 136 cm³/mol. The first-order valence-electron chi connectivity index (χ1n) is 12.5. The maximum Gasteiger partial charge on any atom is 0.410 e. The maximum absolute atomic E-state index is 14.3. The van der Waals surface area contributed by atoms with Gasteiger partial charge in [0, 0.05) is 43.6 Å². The Morgan fingerprint density at radius 1 is 1.22 bits per heavy atom. The Hall–Kier alpha value is -3.76. The smallest absolute Gasteiger partial charge is 0.410 e. The van der Waals surface area contributed by atoms with Crippen molar-refractivity contribution in [3.63, 3.8) is 0 Å². The van der Waals surface area contributed by atoms with Crippen LogP contribution in [0.15, 0.2) is 30.9 Å². The predicted octanol–water partition coefficient (Wildman–Crippen LogP) is 4.19. The molecule has 0 aromatic carbocycles. The molecule has 3 aromatic heterocycles. The van der Waals surface area contributed by atoms with Crippen molar-refractivity contribution in [3.05, 3.63) is 48.1 Å². The van der Waals surface area contributed by atoms with Crippen LogP contribution in [-0.4, -0.2) is 67.0 Å². The number of hydrogen-bond donors (Lipinski definition) is 1. The van der Waals surface area contributed by atoms with E-state index in [1.165, 1.54) is 16.7 Å². The molecule has 1 aliphatic heterocycles. The molecule has 196 valence electrons. The molecule has 0 bridgehead atoms. The minimum Gasteiger partial charge on any atom is -0.444 e. The van der Waals surface area contributed by atoms with E-state index in [-0.39, 0.29) is 29.0 Å². The van der Waals surface area contributed by atoms with E-state index in [0.29, 0.717) is 23.7 Å². The van der Waals surface area contributed by atoms with E-state index >= 15 is 0 Å². The van der Waals surface area contributed by atoms with Gasteiger partial charge in [0.05, 0.1) is 23.8 Å². The molecule has 1 unspecified atom stereocenters. The quantitative estimate of drug-likeness (QED) is 0.562. The van der Waals surface area contributed by atoms with Crippen molar-refractivity contribution in [1.29, 1.82) is 0 Å². The zero-order valence-electron chi connectivity index (χ0n) is 21.8. The van der Waals surface area contributed by atoms with E-state index in [2.05, 4.69) is 25.2 Å². The van der Waals surface area contributed by atoms with Gasteiger partial charge in [0.2, 0.25) is 0 Å². The lowest BCUT2D eigenvalue weighted by Crippen LogP contribution is -2.54. The average molecular weight is 510 g/mol. The number of rotatable bonds is 4. The largest absolute Gasteiger partial charge is 0.444 e. The first-order chi connectivity index (χ1) is 17.4. The number of nitrogens with one attached hydrogen (secondary N) is 1. The first kappa shape index (κ1) is 24.9. The third-order valence-corrected chi connectivity index (χ3v) is 6.98. The molecule has 4 heterocycles. The van der Waals surface area contributed by atoms with Gasteiger partial charge in [-0.2, -0.15) is 0 Å². The van der Waals surface area contributed by atoms with Gasteiger partial charge in [0.15, 0.2) is 11.5 Å². The van der Waals surface area contributed by atoms with Crippen LogP contribution in [0.1, 0.15) is 62.6 Å². The topological polar surface area (TPSA) is 105 Å². The summed E-state index contributed by atoms with van der Waals surface area (Å²) in [5.41, 5.74) is 0.615. The number of aromatic nitrogens is 4. The number of carbonyl (C=O) groups is 2. The summed E-state index contributed by atoms with van der Waals surface area (Å²) in [6.07, 6.45) is 9.56. The van der Waals surface area contributed by atoms with Crippen LogP contribution in [0.5, 0.6) is 0 Å². The van der Waals surface area contributed by atoms with Gasteiger partial charge >= 0.3 is 6.09 Å². The molecule has 1 saturated carbocycles. The molecule has 1 saturated heterocycles. The van der Waals surface area contributed by atoms with Gasteiger partial charge in [-0.05, 0) is 53.4 Å². The molecule has 3 aromatic rings. The second-order valence-corrected chi connectivity index (χ2v) is 11.0. The third kappa shape index (κ3) is 5.07. The van der Waals surface area contributed by atoms with Crippen molar-refractivity contribution < 1.29 is 18.7 Å². The average Bonchev–Trinajstić information content (AvgIpc) is 3.47. The summed E-state index contributed by atoms with van der Waals surface area (Å²) in [4.78, 5) is 42.3. The van der Waals surface area contributed by atoms with E-state index in [0.717, 1.165) is 25.7 Å². The highest BCUT2D eigenvalue weighted by molar-refractivity contribution is 6.02. The molecule has 2 aliphatic rings. The van der Waals surface area contributed by atoms with Crippen molar-refractivity contribution in [1.82, 2.24) is 24.3 Å². The highest BCUT2D eigenvalue weighted by Crippen LogP contribution is 2.49. The molecular formula is C26H32FN7O3. The third-order valence-electron chi connectivity index (χ3n) is 6.98. The minimum atomic E-state index is -0.528. The molecule has 11 heteroatoms. The Kier molecular flexibility index (Phi) is 6.04. The summed E-state index contributed by atoms with van der Waals surface area (Å²) in [6.45, 7) is 8.03. The van der Waals surface area contributed by atoms with Gasteiger partial charge in [-0.25, -0.2) is 24.1 Å². The van der Waals surface area contributed by atoms with E-state index in [1.807, 2.05) is 32.7 Å². The Morgan fingerprint density at radius 2 is 1.97 bits per heavy atom. The fourth-order valence-corrected chi connectivity index (χ4v) is 4.97. The van der Waals surface area contributed by atoms with Gasteiger partial charge in [0.1, 0.15) is 17.1 Å². The lowest BCUT2D eigenvalue weighted by molar-refractivity contribution is 0.00385. The number of likely N-dealkylation sites (tertiary alicyclic amines) is 1. The molecule has 1 atom stereocenters. The Balaban J connectivity index is 1.23. The van der Waals surface area contributed by atoms with Gasteiger partial charge in [-0.15, -0.1) is 0 Å². The molecule has 0 radical (unpaired) electrons. The number of amides is 2. The fourth-order valence-electron chi connectivity index (χ4n) is 4.97. The molecular weight excluding hydrogens is 477 g/mol. The van der Waals surface area contributed by atoms with Crippen LogP contribution in [0.2, 0.25) is 0 Å². The Bertz CT molecular complexity index is 1340. The standard InChI is InChI=1S/C26H32FN7O3/c1-16-14-33-15-17(10-19(27)22(33)30-16)31-23(35)20-12-29-21(13-28-20)32(5)18-6-9-34(26(11-18)7-8-26)24(36)37-25(2,3)4/h10,12-15,18H,6-9,11H2,1-5H3,(H,31,35). The number of fused-ring (bicyclic) bond motifs is 1. The van der Waals surface area contributed by atoms with Gasteiger partial charge < -0.3 is 24.3 Å². The summed E-state index contributed by atoms with van der Waals surface area (Å²) in [7, 11) is 1.96. The minimum absolute atomic E-state index is 0.123. The van der Waals surface area contributed by atoms with Crippen LogP contribution in [0.25, 0.3) is 5.65 Å². The number of hydrogen-bond acceptors (Lipinski definition) is 7. The maximum atomic E-state index is 14.3. The van der Waals surface area contributed by atoms with Crippen molar-refractivity contribution >= 4 is 29.2 Å². The van der Waals surface area contributed by atoms with Crippen molar-refractivity contribution in [3.8, 4) is 0 Å². The summed E-state index contributed by atoms with van der Waals surface area (Å²) in [5, 5.41) is 2.67. The summed E-state index contributed by atoms with van der Waals surface area (Å²) in [5.74, 6) is -0.371. The number of nitrogens with zero attached hydrogens (tertiary/aromatic N) is 6. The second kappa shape index (κ2) is 8.97. The summed E-state index contributed by atoms with van der Waals surface area (Å²) in [6, 6.07) is 1.41. The SMILES string of the molecule is Cc1cn2cc(NC(=O)c3cnc(N(C)C4CCN(C(=O)OC(C)(C)C)C5(CC5)C4)cn3)cc(F)c2n1. The van der Waals surface area contributed by atoms with Crippen LogP contribution < -0.4 is 10.2 Å². The number of halogens is 1. The van der Waals surface area contributed by atoms with Crippen LogP contribution in [-0.2, 0) is 4.74 Å². The van der Waals surface area contributed by atoms with Crippen molar-refractivity contribution in [2.75, 3.05) is 23.8 Å². The lowest BCUT2D eigenvalue weighted by Gasteiger charge is -2.43. The molecule has 37 heavy (non-hydrogen) atoms. The lowest BCUT2D eigenvalue weighted by atomic mass is 9.94. The van der Waals surface area contributed by atoms with E-state index < -0.39 is 17.3 Å². The monoisotopic (exact) mass is 509 g/mol. The molecule has 1 N–H and O–H groups in total. The highest BCUT2D eigenvalue weighted by Gasteiger charge is 2.55. The second-order valence-electron chi connectivity index (χ2n) is 11.0. The first-order valence-corrected chi connectivity index (χ1v) is 12.5. The Morgan fingerprint density at radius 3 is 2.62 bits per heavy atom. The zero-order chi connectivity index (χ0) is 26.5. The van der Waals surface area contributed by atoms with Crippen LogP contribution in [0.3, 0.4) is 0 Å². The summed E-state index contributed by atoms with van der Waals surface area (Å²) < 4.78 is 21.5. The number of aryl methyl sites for hydroxylation is 1. The number of carbonyl (C=O) groups excluding carboxylic acids is 2. The molecule has 5 rings (SSSR count). The van der Waals surface area contributed by atoms with Crippen molar-refractivity contribution in [2.45, 2.75) is 70.6 Å². The Labute approximate surface area is 214 Å². The number of ether oxygens (including phenoxy) is 1. The van der Waals surface area contributed by atoms with Gasteiger partial charge in [-0.1, -0.05) is 0 Å². The highest BCUT2D eigenvalue weighted by atomic mass is 19.1. The van der Waals surface area contributed by atoms with E-state index in [1.54, 1.807) is 25.5 Å². The van der Waals surface area contributed by atoms with Gasteiger partial charge in [0.25, 0.3) is 5.91 Å².